The third-order valence-electron chi connectivity index (χ3n) is 4.90. The van der Waals surface area contributed by atoms with Gasteiger partial charge in [-0.2, -0.15) is 0 Å². The molecule has 116 valence electrons. The van der Waals surface area contributed by atoms with E-state index < -0.39 is 0 Å². The molecule has 1 aromatic rings. The Balaban J connectivity index is 1.69. The van der Waals surface area contributed by atoms with Crippen LogP contribution in [0.1, 0.15) is 44.1 Å². The summed E-state index contributed by atoms with van der Waals surface area (Å²) in [5, 5.41) is 12.7. The first-order chi connectivity index (χ1) is 10.4. The van der Waals surface area contributed by atoms with Crippen molar-refractivity contribution in [2.24, 2.45) is 0 Å². The average Bonchev–Trinajstić information content (AvgIpc) is 3.37. The fourth-order valence-corrected chi connectivity index (χ4v) is 3.71. The van der Waals surface area contributed by atoms with Crippen molar-refractivity contribution in [2.45, 2.75) is 63.2 Å². The Morgan fingerprint density at radius 2 is 1.81 bits per heavy atom. The predicted molar refractivity (Wildman–Crippen MR) is 86.1 cm³/mol. The van der Waals surface area contributed by atoms with E-state index >= 15 is 0 Å². The minimum absolute atomic E-state index is 0.241. The van der Waals surface area contributed by atoms with Gasteiger partial charge in [0.05, 0.1) is 6.61 Å². The largest absolute Gasteiger partial charge is 0.395 e. The second-order valence-electron chi connectivity index (χ2n) is 6.53. The van der Waals surface area contributed by atoms with E-state index in [2.05, 4.69) is 40.5 Å². The molecule has 0 heterocycles. The van der Waals surface area contributed by atoms with Gasteiger partial charge in [0.15, 0.2) is 0 Å². The van der Waals surface area contributed by atoms with Crippen molar-refractivity contribution in [2.75, 3.05) is 13.2 Å². The average molecular weight is 288 g/mol. The summed E-state index contributed by atoms with van der Waals surface area (Å²) in [4.78, 5) is 2.74. The number of hydrogen-bond acceptors (Lipinski definition) is 3. The molecule has 2 saturated carbocycles. The van der Waals surface area contributed by atoms with E-state index in [0.717, 1.165) is 19.1 Å². The minimum Gasteiger partial charge on any atom is -0.395 e. The van der Waals surface area contributed by atoms with Gasteiger partial charge in [-0.15, -0.1) is 0 Å². The SMILES string of the molecule is OCCNC1CCCCC1N(Cc1ccccc1)C1CC1. The maximum atomic E-state index is 9.10. The Bertz CT molecular complexity index is 418. The Morgan fingerprint density at radius 3 is 2.52 bits per heavy atom. The van der Waals surface area contributed by atoms with Crippen LogP contribution in [0.4, 0.5) is 0 Å². The third-order valence-corrected chi connectivity index (χ3v) is 4.90. The number of rotatable bonds is 7. The van der Waals surface area contributed by atoms with Crippen molar-refractivity contribution in [1.82, 2.24) is 10.2 Å². The number of aliphatic hydroxyl groups is 1. The molecule has 2 aliphatic carbocycles. The van der Waals surface area contributed by atoms with Crippen LogP contribution in [-0.2, 0) is 6.54 Å². The van der Waals surface area contributed by atoms with Crippen molar-refractivity contribution in [3.8, 4) is 0 Å². The van der Waals surface area contributed by atoms with Crippen LogP contribution in [0.25, 0.3) is 0 Å². The fraction of sp³-hybridized carbons (Fsp3) is 0.667. The highest BCUT2D eigenvalue weighted by molar-refractivity contribution is 5.15. The molecule has 21 heavy (non-hydrogen) atoms. The summed E-state index contributed by atoms with van der Waals surface area (Å²) in [6, 6.07) is 12.8. The molecular formula is C18H28N2O. The van der Waals surface area contributed by atoms with Gasteiger partial charge in [-0.25, -0.2) is 0 Å². The first-order valence-electron chi connectivity index (χ1n) is 8.52. The van der Waals surface area contributed by atoms with Crippen LogP contribution in [0.3, 0.4) is 0 Å². The molecule has 1 aromatic carbocycles. The second-order valence-corrected chi connectivity index (χ2v) is 6.53. The van der Waals surface area contributed by atoms with Crippen molar-refractivity contribution in [3.63, 3.8) is 0 Å². The zero-order chi connectivity index (χ0) is 14.5. The highest BCUT2D eigenvalue weighted by Crippen LogP contribution is 2.35. The van der Waals surface area contributed by atoms with Gasteiger partial charge < -0.3 is 10.4 Å². The van der Waals surface area contributed by atoms with Crippen molar-refractivity contribution < 1.29 is 5.11 Å². The summed E-state index contributed by atoms with van der Waals surface area (Å²) >= 11 is 0. The molecule has 2 aliphatic rings. The summed E-state index contributed by atoms with van der Waals surface area (Å²) in [7, 11) is 0. The molecule has 0 saturated heterocycles. The first kappa shape index (κ1) is 15.0. The summed E-state index contributed by atoms with van der Waals surface area (Å²) in [5.41, 5.74) is 1.43. The molecule has 0 aliphatic heterocycles. The van der Waals surface area contributed by atoms with E-state index in [0.29, 0.717) is 12.1 Å². The fourth-order valence-electron chi connectivity index (χ4n) is 3.71. The molecule has 0 spiro atoms. The quantitative estimate of drug-likeness (QED) is 0.809. The van der Waals surface area contributed by atoms with Crippen LogP contribution in [0.5, 0.6) is 0 Å². The van der Waals surface area contributed by atoms with Crippen LogP contribution in [0.2, 0.25) is 0 Å². The molecule has 0 amide bonds. The lowest BCUT2D eigenvalue weighted by atomic mass is 9.88. The molecule has 3 heteroatoms. The zero-order valence-electron chi connectivity index (χ0n) is 12.9. The molecule has 0 aromatic heterocycles. The van der Waals surface area contributed by atoms with Crippen LogP contribution in [-0.4, -0.2) is 41.3 Å². The highest BCUT2D eigenvalue weighted by Gasteiger charge is 2.38. The van der Waals surface area contributed by atoms with Gasteiger partial charge in [-0.05, 0) is 31.2 Å². The third kappa shape index (κ3) is 4.06. The smallest absolute Gasteiger partial charge is 0.0556 e. The summed E-state index contributed by atoms with van der Waals surface area (Å²) < 4.78 is 0. The molecule has 2 fully saturated rings. The van der Waals surface area contributed by atoms with E-state index in [1.807, 2.05) is 0 Å². The Morgan fingerprint density at radius 1 is 1.05 bits per heavy atom. The van der Waals surface area contributed by atoms with E-state index in [-0.39, 0.29) is 6.61 Å². The lowest BCUT2D eigenvalue weighted by Gasteiger charge is -2.41. The Kier molecular flexibility index (Phi) is 5.28. The van der Waals surface area contributed by atoms with E-state index in [1.54, 1.807) is 0 Å². The highest BCUT2D eigenvalue weighted by atomic mass is 16.3. The van der Waals surface area contributed by atoms with Crippen molar-refractivity contribution >= 4 is 0 Å². The Labute approximate surface area is 128 Å². The van der Waals surface area contributed by atoms with Crippen LogP contribution < -0.4 is 5.32 Å². The van der Waals surface area contributed by atoms with Gasteiger partial charge in [-0.1, -0.05) is 43.2 Å². The van der Waals surface area contributed by atoms with Crippen LogP contribution in [0.15, 0.2) is 30.3 Å². The zero-order valence-corrected chi connectivity index (χ0v) is 12.9. The monoisotopic (exact) mass is 288 g/mol. The van der Waals surface area contributed by atoms with E-state index in [4.69, 9.17) is 5.11 Å². The minimum atomic E-state index is 0.241. The van der Waals surface area contributed by atoms with Gasteiger partial charge in [0.25, 0.3) is 0 Å². The maximum absolute atomic E-state index is 9.10. The standard InChI is InChI=1S/C18H28N2O/c21-13-12-19-17-8-4-5-9-18(17)20(16-10-11-16)14-15-6-2-1-3-7-15/h1-3,6-7,16-19,21H,4-5,8-14H2. The lowest BCUT2D eigenvalue weighted by Crippen LogP contribution is -2.52. The molecule has 3 nitrogen and oxygen atoms in total. The number of aliphatic hydroxyl groups excluding tert-OH is 1. The predicted octanol–water partition coefficient (Wildman–Crippen LogP) is 2.54. The number of hydrogen-bond donors (Lipinski definition) is 2. The molecule has 2 unspecified atom stereocenters. The molecule has 0 radical (unpaired) electrons. The van der Waals surface area contributed by atoms with Gasteiger partial charge in [0, 0.05) is 31.2 Å². The second kappa shape index (κ2) is 7.39. The van der Waals surface area contributed by atoms with Crippen molar-refractivity contribution in [1.29, 1.82) is 0 Å². The number of nitrogens with one attached hydrogen (secondary N) is 1. The molecule has 2 atom stereocenters. The summed E-state index contributed by atoms with van der Waals surface area (Å²) in [5.74, 6) is 0. The van der Waals surface area contributed by atoms with Crippen LogP contribution >= 0.6 is 0 Å². The van der Waals surface area contributed by atoms with Crippen molar-refractivity contribution in [3.05, 3.63) is 35.9 Å². The van der Waals surface area contributed by atoms with E-state index in [1.165, 1.54) is 44.1 Å². The Hall–Kier alpha value is -0.900. The number of nitrogens with zero attached hydrogens (tertiary/aromatic N) is 1. The molecule has 0 bridgehead atoms. The van der Waals surface area contributed by atoms with Gasteiger partial charge in [0.1, 0.15) is 0 Å². The molecule has 3 rings (SSSR count). The molecular weight excluding hydrogens is 260 g/mol. The number of benzene rings is 1. The van der Waals surface area contributed by atoms with Gasteiger partial charge in [0.2, 0.25) is 0 Å². The van der Waals surface area contributed by atoms with Gasteiger partial charge in [-0.3, -0.25) is 4.90 Å². The van der Waals surface area contributed by atoms with E-state index in [9.17, 15) is 0 Å². The molecule has 2 N–H and O–H groups in total. The first-order valence-corrected chi connectivity index (χ1v) is 8.52. The topological polar surface area (TPSA) is 35.5 Å². The maximum Gasteiger partial charge on any atom is 0.0556 e. The van der Waals surface area contributed by atoms with Crippen LogP contribution in [0, 0.1) is 0 Å². The lowest BCUT2D eigenvalue weighted by molar-refractivity contribution is 0.103. The summed E-state index contributed by atoms with van der Waals surface area (Å²) in [6.45, 7) is 2.05. The normalized spacial score (nSPS) is 26.2. The summed E-state index contributed by atoms with van der Waals surface area (Å²) in [6.07, 6.45) is 7.94. The van der Waals surface area contributed by atoms with Gasteiger partial charge >= 0.3 is 0 Å².